The Balaban J connectivity index is 2.06. The Morgan fingerprint density at radius 2 is 1.84 bits per heavy atom. The number of nitrogens with two attached hydrogens (primary N) is 1. The molecule has 1 aromatic heterocycles. The Kier molecular flexibility index (Phi) is 6.27. The zero-order valence-electron chi connectivity index (χ0n) is 16.5. The van der Waals surface area contributed by atoms with Gasteiger partial charge in [-0.05, 0) is 43.2 Å². The fourth-order valence-electron chi connectivity index (χ4n) is 4.12. The molecule has 1 heterocycles. The molecule has 1 aliphatic carbocycles. The number of halogens is 4. The van der Waals surface area contributed by atoms with E-state index in [1.807, 2.05) is 0 Å². The zero-order valence-corrected chi connectivity index (χ0v) is 18.0. The van der Waals surface area contributed by atoms with Crippen LogP contribution in [0, 0.1) is 11.6 Å². The number of amides is 1. The normalized spacial score (nSPS) is 14.6. The third kappa shape index (κ3) is 4.05. The van der Waals surface area contributed by atoms with E-state index in [0.29, 0.717) is 11.4 Å². The van der Waals surface area contributed by atoms with Crippen molar-refractivity contribution in [1.29, 1.82) is 0 Å². The molecular weight excluding hydrogens is 445 g/mol. The zero-order chi connectivity index (χ0) is 22.1. The Labute approximate surface area is 188 Å². The maximum atomic E-state index is 15.2. The van der Waals surface area contributed by atoms with Gasteiger partial charge in [-0.1, -0.05) is 48.5 Å². The highest BCUT2D eigenvalue weighted by molar-refractivity contribution is 6.31. The quantitative estimate of drug-likeness (QED) is 0.292. The second-order valence-corrected chi connectivity index (χ2v) is 8.33. The van der Waals surface area contributed by atoms with Gasteiger partial charge in [-0.15, -0.1) is 0 Å². The predicted molar refractivity (Wildman–Crippen MR) is 116 cm³/mol. The third-order valence-electron chi connectivity index (χ3n) is 5.59. The minimum Gasteiger partial charge on any atom is -0.292 e. The van der Waals surface area contributed by atoms with Crippen molar-refractivity contribution in [2.45, 2.75) is 38.0 Å². The van der Waals surface area contributed by atoms with E-state index in [0.717, 1.165) is 32.1 Å². The highest BCUT2D eigenvalue weighted by Gasteiger charge is 2.30. The number of rotatable bonds is 4. The van der Waals surface area contributed by atoms with Gasteiger partial charge in [0.25, 0.3) is 5.91 Å². The Hall–Kier alpha value is -2.48. The molecule has 0 spiro atoms. The number of hydrazine groups is 1. The fourth-order valence-corrected chi connectivity index (χ4v) is 4.47. The van der Waals surface area contributed by atoms with E-state index < -0.39 is 17.5 Å². The first-order valence-electron chi connectivity index (χ1n) is 9.95. The molecule has 3 aromatic rings. The molecule has 0 radical (unpaired) electrons. The van der Waals surface area contributed by atoms with Crippen molar-refractivity contribution in [3.05, 3.63) is 69.6 Å². The molecule has 0 aliphatic heterocycles. The maximum absolute atomic E-state index is 15.2. The second kappa shape index (κ2) is 8.94. The number of nitrogen functional groups attached to an aromatic ring is 1. The lowest BCUT2D eigenvalue weighted by atomic mass is 9.88. The summed E-state index contributed by atoms with van der Waals surface area (Å²) in [5, 5.41) is -0.191. The maximum Gasteiger partial charge on any atom is 0.286 e. The standard InChI is InChI=1S/C22H20Cl2F2N4O/c23-14-7-4-8-17(18(14)26)30-20(13-9-10-16(25)15(24)11-13)19(22(31)29-27)28-21(30)12-5-2-1-3-6-12/h4,7-12H,1-3,5-6,27H2,(H,29,31). The second-order valence-electron chi connectivity index (χ2n) is 7.51. The summed E-state index contributed by atoms with van der Waals surface area (Å²) in [6.45, 7) is 0. The van der Waals surface area contributed by atoms with E-state index >= 15 is 4.39 Å². The Morgan fingerprint density at radius 1 is 1.10 bits per heavy atom. The summed E-state index contributed by atoms with van der Waals surface area (Å²) in [6.07, 6.45) is 4.83. The third-order valence-corrected chi connectivity index (χ3v) is 6.17. The molecule has 3 N–H and O–H groups in total. The van der Waals surface area contributed by atoms with Gasteiger partial charge in [0.1, 0.15) is 11.6 Å². The van der Waals surface area contributed by atoms with Crippen molar-refractivity contribution in [3.63, 3.8) is 0 Å². The average Bonchev–Trinajstić information content (AvgIpc) is 3.18. The van der Waals surface area contributed by atoms with Crippen molar-refractivity contribution in [3.8, 4) is 16.9 Å². The highest BCUT2D eigenvalue weighted by atomic mass is 35.5. The number of imidazole rings is 1. The molecule has 1 aliphatic rings. The molecule has 9 heteroatoms. The van der Waals surface area contributed by atoms with Crippen LogP contribution in [0.2, 0.25) is 10.0 Å². The van der Waals surface area contributed by atoms with E-state index in [-0.39, 0.29) is 33.0 Å². The lowest BCUT2D eigenvalue weighted by Gasteiger charge is -2.23. The average molecular weight is 465 g/mol. The van der Waals surface area contributed by atoms with E-state index in [2.05, 4.69) is 10.4 Å². The van der Waals surface area contributed by atoms with Crippen molar-refractivity contribution in [2.24, 2.45) is 5.84 Å². The van der Waals surface area contributed by atoms with Gasteiger partial charge in [0, 0.05) is 11.5 Å². The summed E-state index contributed by atoms with van der Waals surface area (Å²) in [5.74, 6) is 4.06. The summed E-state index contributed by atoms with van der Waals surface area (Å²) >= 11 is 12.1. The molecule has 0 atom stereocenters. The SMILES string of the molecule is NNC(=O)c1nc(C2CCCCC2)n(-c2cccc(Cl)c2F)c1-c1ccc(F)c(Cl)c1. The number of carbonyl (C=O) groups excluding carboxylic acids is 1. The first-order chi connectivity index (χ1) is 14.9. The molecule has 162 valence electrons. The van der Waals surface area contributed by atoms with Gasteiger partial charge in [-0.2, -0.15) is 0 Å². The highest BCUT2D eigenvalue weighted by Crippen LogP contribution is 2.39. The van der Waals surface area contributed by atoms with Gasteiger partial charge < -0.3 is 0 Å². The first-order valence-corrected chi connectivity index (χ1v) is 10.7. The largest absolute Gasteiger partial charge is 0.292 e. The van der Waals surface area contributed by atoms with Crippen LogP contribution in [0.15, 0.2) is 36.4 Å². The van der Waals surface area contributed by atoms with Crippen molar-refractivity contribution in [1.82, 2.24) is 15.0 Å². The fraction of sp³-hybridized carbons (Fsp3) is 0.273. The molecule has 0 saturated heterocycles. The molecule has 5 nitrogen and oxygen atoms in total. The predicted octanol–water partition coefficient (Wildman–Crippen LogP) is 5.78. The number of hydrogen-bond acceptors (Lipinski definition) is 3. The number of aromatic nitrogens is 2. The molecule has 4 rings (SSSR count). The minimum absolute atomic E-state index is 0.00474. The molecule has 2 aromatic carbocycles. The monoisotopic (exact) mass is 464 g/mol. The van der Waals surface area contributed by atoms with Gasteiger partial charge in [0.15, 0.2) is 11.5 Å². The van der Waals surface area contributed by atoms with Gasteiger partial charge in [-0.3, -0.25) is 14.8 Å². The number of nitrogens with one attached hydrogen (secondary N) is 1. The Bertz CT molecular complexity index is 1140. The van der Waals surface area contributed by atoms with Crippen molar-refractivity contribution in [2.75, 3.05) is 0 Å². The summed E-state index contributed by atoms with van der Waals surface area (Å²) in [5.41, 5.74) is 2.92. The lowest BCUT2D eigenvalue weighted by molar-refractivity contribution is 0.0949. The van der Waals surface area contributed by atoms with Crippen LogP contribution in [0.3, 0.4) is 0 Å². The van der Waals surface area contributed by atoms with Gasteiger partial charge in [0.05, 0.1) is 21.4 Å². The van der Waals surface area contributed by atoms with E-state index in [1.165, 1.54) is 24.3 Å². The van der Waals surface area contributed by atoms with Crippen LogP contribution in [0.5, 0.6) is 0 Å². The van der Waals surface area contributed by atoms with E-state index in [9.17, 15) is 9.18 Å². The molecular formula is C22H20Cl2F2N4O. The van der Waals surface area contributed by atoms with Crippen molar-refractivity contribution >= 4 is 29.1 Å². The van der Waals surface area contributed by atoms with Crippen molar-refractivity contribution < 1.29 is 13.6 Å². The summed E-state index contributed by atoms with van der Waals surface area (Å²) in [7, 11) is 0. The smallest absolute Gasteiger partial charge is 0.286 e. The number of nitrogens with zero attached hydrogens (tertiary/aromatic N) is 2. The molecule has 1 fully saturated rings. The Morgan fingerprint density at radius 3 is 2.52 bits per heavy atom. The lowest BCUT2D eigenvalue weighted by Crippen LogP contribution is -2.30. The molecule has 31 heavy (non-hydrogen) atoms. The molecule has 1 amide bonds. The van der Waals surface area contributed by atoms with Crippen LogP contribution in [0.4, 0.5) is 8.78 Å². The van der Waals surface area contributed by atoms with Crippen LogP contribution in [-0.4, -0.2) is 15.5 Å². The molecule has 1 saturated carbocycles. The summed E-state index contributed by atoms with van der Waals surface area (Å²) in [6, 6.07) is 8.66. The van der Waals surface area contributed by atoms with Gasteiger partial charge >= 0.3 is 0 Å². The summed E-state index contributed by atoms with van der Waals surface area (Å²) in [4.78, 5) is 17.3. The minimum atomic E-state index is -0.646. The number of benzene rings is 2. The van der Waals surface area contributed by atoms with Crippen LogP contribution >= 0.6 is 23.2 Å². The number of hydrogen-bond donors (Lipinski definition) is 2. The van der Waals surface area contributed by atoms with Crippen LogP contribution in [0.1, 0.15) is 54.3 Å². The van der Waals surface area contributed by atoms with Crippen LogP contribution in [0.25, 0.3) is 16.9 Å². The van der Waals surface area contributed by atoms with Gasteiger partial charge in [0.2, 0.25) is 0 Å². The van der Waals surface area contributed by atoms with Gasteiger partial charge in [-0.25, -0.2) is 19.6 Å². The first kappa shape index (κ1) is 21.7. The van der Waals surface area contributed by atoms with E-state index in [1.54, 1.807) is 16.7 Å². The summed E-state index contributed by atoms with van der Waals surface area (Å²) < 4.78 is 30.6. The molecule has 0 unspecified atom stereocenters. The van der Waals surface area contributed by atoms with E-state index in [4.69, 9.17) is 29.0 Å². The number of carbonyl (C=O) groups is 1. The van der Waals surface area contributed by atoms with Crippen LogP contribution in [-0.2, 0) is 0 Å². The topological polar surface area (TPSA) is 72.9 Å². The van der Waals surface area contributed by atoms with Crippen LogP contribution < -0.4 is 11.3 Å². The molecule has 0 bridgehead atoms.